The van der Waals surface area contributed by atoms with E-state index in [1.807, 2.05) is 57.2 Å². The van der Waals surface area contributed by atoms with Crippen LogP contribution >= 0.6 is 0 Å². The molecule has 0 heterocycles. The van der Waals surface area contributed by atoms with Gasteiger partial charge in [-0.15, -0.1) is 0 Å². The van der Waals surface area contributed by atoms with Gasteiger partial charge in [-0.3, -0.25) is 9.59 Å². The quantitative estimate of drug-likeness (QED) is 0.591. The minimum Gasteiger partial charge on any atom is -0.481 e. The van der Waals surface area contributed by atoms with Crippen molar-refractivity contribution < 1.29 is 24.2 Å². The summed E-state index contributed by atoms with van der Waals surface area (Å²) in [7, 11) is 0. The molecule has 0 saturated heterocycles. The fourth-order valence-electron chi connectivity index (χ4n) is 5.13. The van der Waals surface area contributed by atoms with Gasteiger partial charge in [-0.05, 0) is 40.5 Å². The molecule has 1 fully saturated rings. The third-order valence-electron chi connectivity index (χ3n) is 6.89. The van der Waals surface area contributed by atoms with E-state index in [1.165, 1.54) is 0 Å². The number of amides is 2. The summed E-state index contributed by atoms with van der Waals surface area (Å²) in [6.45, 7) is 5.71. The third-order valence-corrected chi connectivity index (χ3v) is 6.89. The largest absolute Gasteiger partial charge is 0.481 e. The van der Waals surface area contributed by atoms with Crippen molar-refractivity contribution in [3.8, 4) is 11.1 Å². The predicted molar refractivity (Wildman–Crippen MR) is 128 cm³/mol. The molecule has 2 aliphatic rings. The van der Waals surface area contributed by atoms with Gasteiger partial charge in [0.15, 0.2) is 0 Å². The highest BCUT2D eigenvalue weighted by atomic mass is 16.5. The van der Waals surface area contributed by atoms with Crippen LogP contribution < -0.4 is 10.6 Å². The van der Waals surface area contributed by atoms with Crippen LogP contribution in [-0.2, 0) is 14.3 Å². The van der Waals surface area contributed by atoms with E-state index >= 15 is 0 Å². The molecule has 0 bridgehead atoms. The Kier molecular flexibility index (Phi) is 6.64. The van der Waals surface area contributed by atoms with Crippen LogP contribution in [0.4, 0.5) is 4.79 Å². The standard InChI is InChI=1S/C27H32N2O5/c1-27(2,3)23(24(30)28-22-14-8-13-20(22)25(31)32)29-26(33)34-15-21-18-11-6-4-9-16(18)17-10-5-7-12-19(17)21/h4-7,9-12,20-23H,8,13-15H2,1-3H3,(H,28,30)(H,29,33)(H,31,32)/t20-,22+,23?/m0/s1. The maximum Gasteiger partial charge on any atom is 0.407 e. The zero-order valence-corrected chi connectivity index (χ0v) is 19.8. The lowest BCUT2D eigenvalue weighted by Gasteiger charge is -2.31. The number of rotatable bonds is 6. The SMILES string of the molecule is CC(C)(C)C(NC(=O)OCC1c2ccccc2-c2ccccc21)C(=O)N[C@@H]1CCC[C@@H]1C(=O)O. The molecule has 7 heteroatoms. The fraction of sp³-hybridized carbons (Fsp3) is 0.444. The zero-order valence-electron chi connectivity index (χ0n) is 19.8. The van der Waals surface area contributed by atoms with Gasteiger partial charge in [-0.25, -0.2) is 4.79 Å². The molecule has 34 heavy (non-hydrogen) atoms. The number of carbonyl (C=O) groups is 3. The Hall–Kier alpha value is -3.35. The van der Waals surface area contributed by atoms with Gasteiger partial charge in [-0.1, -0.05) is 75.7 Å². The van der Waals surface area contributed by atoms with Crippen molar-refractivity contribution in [3.05, 3.63) is 59.7 Å². The van der Waals surface area contributed by atoms with E-state index in [-0.39, 0.29) is 18.4 Å². The van der Waals surface area contributed by atoms with Gasteiger partial charge in [0.25, 0.3) is 0 Å². The Morgan fingerprint density at radius 3 is 2.15 bits per heavy atom. The Morgan fingerprint density at radius 2 is 1.59 bits per heavy atom. The lowest BCUT2D eigenvalue weighted by molar-refractivity contribution is -0.142. The molecule has 0 radical (unpaired) electrons. The van der Waals surface area contributed by atoms with E-state index in [1.54, 1.807) is 0 Å². The van der Waals surface area contributed by atoms with E-state index in [4.69, 9.17) is 4.74 Å². The summed E-state index contributed by atoms with van der Waals surface area (Å²) < 4.78 is 5.62. The Balaban J connectivity index is 1.42. The monoisotopic (exact) mass is 464 g/mol. The normalized spacial score (nSPS) is 20.2. The highest BCUT2D eigenvalue weighted by Crippen LogP contribution is 2.44. The van der Waals surface area contributed by atoms with Crippen LogP contribution in [0.1, 0.15) is 57.1 Å². The van der Waals surface area contributed by atoms with Gasteiger partial charge in [0.1, 0.15) is 12.6 Å². The second-order valence-electron chi connectivity index (χ2n) is 10.3. The van der Waals surface area contributed by atoms with Gasteiger partial charge in [-0.2, -0.15) is 0 Å². The van der Waals surface area contributed by atoms with Crippen molar-refractivity contribution in [2.45, 2.75) is 58.0 Å². The lowest BCUT2D eigenvalue weighted by Crippen LogP contribution is -2.56. The van der Waals surface area contributed by atoms with Crippen LogP contribution in [0.3, 0.4) is 0 Å². The number of nitrogens with one attached hydrogen (secondary N) is 2. The van der Waals surface area contributed by atoms with Crippen molar-refractivity contribution in [1.82, 2.24) is 10.6 Å². The third kappa shape index (κ3) is 4.79. The van der Waals surface area contributed by atoms with Crippen LogP contribution in [0, 0.1) is 11.3 Å². The molecule has 3 atom stereocenters. The first-order valence-electron chi connectivity index (χ1n) is 11.8. The van der Waals surface area contributed by atoms with Crippen LogP contribution in [0.5, 0.6) is 0 Å². The molecular weight excluding hydrogens is 432 g/mol. The van der Waals surface area contributed by atoms with Gasteiger partial charge in [0, 0.05) is 12.0 Å². The maximum absolute atomic E-state index is 13.1. The second-order valence-corrected chi connectivity index (χ2v) is 10.3. The smallest absolute Gasteiger partial charge is 0.407 e. The van der Waals surface area contributed by atoms with Crippen molar-refractivity contribution in [3.63, 3.8) is 0 Å². The van der Waals surface area contributed by atoms with Crippen LogP contribution in [0.25, 0.3) is 11.1 Å². The number of carboxylic acid groups (broad SMARTS) is 1. The molecular formula is C27H32N2O5. The van der Waals surface area contributed by atoms with Gasteiger partial charge < -0.3 is 20.5 Å². The first kappa shape index (κ1) is 23.8. The number of fused-ring (bicyclic) bond motifs is 3. The fourth-order valence-corrected chi connectivity index (χ4v) is 5.13. The zero-order chi connectivity index (χ0) is 24.5. The minimum absolute atomic E-state index is 0.0742. The van der Waals surface area contributed by atoms with Gasteiger partial charge in [0.05, 0.1) is 5.92 Å². The Bertz CT molecular complexity index is 1040. The summed E-state index contributed by atoms with van der Waals surface area (Å²) in [4.78, 5) is 37.3. The Labute approximate surface area is 199 Å². The van der Waals surface area contributed by atoms with Gasteiger partial charge >= 0.3 is 12.1 Å². The van der Waals surface area contributed by atoms with E-state index in [0.29, 0.717) is 12.8 Å². The molecule has 7 nitrogen and oxygen atoms in total. The molecule has 2 aliphatic carbocycles. The van der Waals surface area contributed by atoms with Crippen molar-refractivity contribution in [1.29, 1.82) is 0 Å². The predicted octanol–water partition coefficient (Wildman–Crippen LogP) is 4.31. The summed E-state index contributed by atoms with van der Waals surface area (Å²) in [5.41, 5.74) is 3.92. The number of hydrogen-bond acceptors (Lipinski definition) is 4. The topological polar surface area (TPSA) is 105 Å². The van der Waals surface area contributed by atoms with Crippen LogP contribution in [0.15, 0.2) is 48.5 Å². The van der Waals surface area contributed by atoms with E-state index in [0.717, 1.165) is 28.7 Å². The number of hydrogen-bond donors (Lipinski definition) is 3. The molecule has 2 aromatic rings. The Morgan fingerprint density at radius 1 is 1.00 bits per heavy atom. The first-order valence-corrected chi connectivity index (χ1v) is 11.8. The highest BCUT2D eigenvalue weighted by molar-refractivity contribution is 5.87. The number of alkyl carbamates (subject to hydrolysis) is 1. The maximum atomic E-state index is 13.1. The molecule has 1 saturated carbocycles. The number of carbonyl (C=O) groups excluding carboxylic acids is 2. The summed E-state index contributed by atoms with van der Waals surface area (Å²) in [5.74, 6) is -1.97. The number of ether oxygens (including phenoxy) is 1. The number of aliphatic carboxylic acids is 1. The van der Waals surface area contributed by atoms with Gasteiger partial charge in [0.2, 0.25) is 5.91 Å². The average molecular weight is 465 g/mol. The molecule has 2 amide bonds. The lowest BCUT2D eigenvalue weighted by atomic mass is 9.86. The highest BCUT2D eigenvalue weighted by Gasteiger charge is 2.39. The summed E-state index contributed by atoms with van der Waals surface area (Å²) >= 11 is 0. The molecule has 2 aromatic carbocycles. The molecule has 0 aliphatic heterocycles. The second kappa shape index (κ2) is 9.49. The van der Waals surface area contributed by atoms with Crippen molar-refractivity contribution in [2.24, 2.45) is 11.3 Å². The number of benzene rings is 2. The molecule has 4 rings (SSSR count). The van der Waals surface area contributed by atoms with Crippen molar-refractivity contribution >= 4 is 18.0 Å². The minimum atomic E-state index is -0.903. The van der Waals surface area contributed by atoms with E-state index in [2.05, 4.69) is 22.8 Å². The van der Waals surface area contributed by atoms with E-state index < -0.39 is 35.5 Å². The molecule has 0 aromatic heterocycles. The van der Waals surface area contributed by atoms with E-state index in [9.17, 15) is 19.5 Å². The van der Waals surface area contributed by atoms with Crippen molar-refractivity contribution in [2.75, 3.05) is 6.61 Å². The molecule has 0 spiro atoms. The molecule has 180 valence electrons. The molecule has 1 unspecified atom stereocenters. The van der Waals surface area contributed by atoms with Crippen LogP contribution in [0.2, 0.25) is 0 Å². The average Bonchev–Trinajstić information content (AvgIpc) is 3.38. The van der Waals surface area contributed by atoms with Crippen LogP contribution in [-0.4, -0.2) is 41.8 Å². The number of carboxylic acids is 1. The summed E-state index contributed by atoms with van der Waals surface area (Å²) in [6, 6.07) is 14.9. The molecule has 3 N–H and O–H groups in total. The first-order chi connectivity index (χ1) is 16.2. The summed E-state index contributed by atoms with van der Waals surface area (Å²) in [5, 5.41) is 15.0. The summed E-state index contributed by atoms with van der Waals surface area (Å²) in [6.07, 6.45) is 1.24.